The molecule has 0 saturated carbocycles. The monoisotopic (exact) mass is 374 g/mol. The predicted octanol–water partition coefficient (Wildman–Crippen LogP) is 2.89. The van der Waals surface area contributed by atoms with E-state index in [0.717, 1.165) is 23.4 Å². The van der Waals surface area contributed by atoms with Gasteiger partial charge in [-0.15, -0.1) is 0 Å². The van der Waals surface area contributed by atoms with E-state index in [0.29, 0.717) is 18.1 Å². The second-order valence-electron chi connectivity index (χ2n) is 5.65. The fourth-order valence-corrected chi connectivity index (χ4v) is 2.38. The van der Waals surface area contributed by atoms with Gasteiger partial charge >= 0.3 is 6.03 Å². The Morgan fingerprint density at radius 3 is 2.42 bits per heavy atom. The van der Waals surface area contributed by atoms with E-state index in [1.165, 1.54) is 0 Å². The minimum atomic E-state index is -0.406. The van der Waals surface area contributed by atoms with Gasteiger partial charge in [-0.05, 0) is 35.9 Å². The highest BCUT2D eigenvalue weighted by molar-refractivity contribution is 6.30. The summed E-state index contributed by atoms with van der Waals surface area (Å²) in [7, 11) is 0. The van der Waals surface area contributed by atoms with Crippen LogP contribution >= 0.6 is 11.6 Å². The van der Waals surface area contributed by atoms with Gasteiger partial charge in [0.2, 0.25) is 5.91 Å². The molecule has 0 bridgehead atoms. The number of hydrogen-bond acceptors (Lipinski definition) is 3. The fraction of sp³-hybridized carbons (Fsp3) is 0.263. The summed E-state index contributed by atoms with van der Waals surface area (Å²) in [5.41, 5.74) is 2.66. The molecular formula is C19H23ClN4O2. The number of benzene rings is 2. The van der Waals surface area contributed by atoms with Gasteiger partial charge < -0.3 is 21.3 Å². The Bertz CT molecular complexity index is 735. The van der Waals surface area contributed by atoms with Gasteiger partial charge in [-0.25, -0.2) is 4.79 Å². The third-order valence-corrected chi connectivity index (χ3v) is 3.88. The average molecular weight is 375 g/mol. The molecule has 4 N–H and O–H groups in total. The first-order chi connectivity index (χ1) is 12.6. The highest BCUT2D eigenvalue weighted by Crippen LogP contribution is 2.14. The van der Waals surface area contributed by atoms with Crippen molar-refractivity contribution >= 4 is 29.2 Å². The van der Waals surface area contributed by atoms with Gasteiger partial charge in [-0.1, -0.05) is 48.9 Å². The number of para-hydroxylation sites is 1. The number of hydrogen-bond donors (Lipinski definition) is 4. The summed E-state index contributed by atoms with van der Waals surface area (Å²) in [6, 6.07) is 14.3. The maximum absolute atomic E-state index is 12.1. The molecule has 0 radical (unpaired) electrons. The number of urea groups is 1. The van der Waals surface area contributed by atoms with E-state index >= 15 is 0 Å². The summed E-state index contributed by atoms with van der Waals surface area (Å²) in [5.74, 6) is -0.282. The Labute approximate surface area is 158 Å². The van der Waals surface area contributed by atoms with E-state index in [9.17, 15) is 9.59 Å². The van der Waals surface area contributed by atoms with Crippen LogP contribution in [0.3, 0.4) is 0 Å². The van der Waals surface area contributed by atoms with E-state index in [2.05, 4.69) is 21.3 Å². The molecule has 0 aromatic heterocycles. The largest absolute Gasteiger partial charge is 0.334 e. The number of amides is 3. The first kappa shape index (κ1) is 19.8. The normalized spacial score (nSPS) is 10.2. The van der Waals surface area contributed by atoms with Crippen LogP contribution in [0.5, 0.6) is 0 Å². The van der Waals surface area contributed by atoms with Gasteiger partial charge in [0.05, 0.1) is 6.54 Å². The number of rotatable bonds is 8. The van der Waals surface area contributed by atoms with Crippen LogP contribution in [0, 0.1) is 0 Å². The van der Waals surface area contributed by atoms with E-state index in [1.807, 2.05) is 43.3 Å². The Morgan fingerprint density at radius 1 is 0.962 bits per heavy atom. The van der Waals surface area contributed by atoms with Crippen molar-refractivity contribution in [3.63, 3.8) is 0 Å². The first-order valence-electron chi connectivity index (χ1n) is 8.43. The smallest absolute Gasteiger partial charge is 0.315 e. The van der Waals surface area contributed by atoms with Crippen molar-refractivity contribution in [3.8, 4) is 0 Å². The van der Waals surface area contributed by atoms with Crippen LogP contribution in [0.2, 0.25) is 5.02 Å². The lowest BCUT2D eigenvalue weighted by Crippen LogP contribution is -2.39. The molecule has 26 heavy (non-hydrogen) atoms. The molecule has 0 spiro atoms. The van der Waals surface area contributed by atoms with Crippen molar-refractivity contribution in [2.24, 2.45) is 0 Å². The summed E-state index contributed by atoms with van der Waals surface area (Å²) in [4.78, 5) is 23.9. The Morgan fingerprint density at radius 2 is 1.69 bits per heavy atom. The maximum atomic E-state index is 12.1. The average Bonchev–Trinajstić information content (AvgIpc) is 2.65. The molecule has 0 aliphatic carbocycles. The third-order valence-electron chi connectivity index (χ3n) is 3.63. The summed E-state index contributed by atoms with van der Waals surface area (Å²) in [6.45, 7) is 3.78. The molecule has 2 rings (SSSR count). The second kappa shape index (κ2) is 10.4. The van der Waals surface area contributed by atoms with E-state index in [-0.39, 0.29) is 12.5 Å². The van der Waals surface area contributed by atoms with Gasteiger partial charge in [-0.2, -0.15) is 0 Å². The summed E-state index contributed by atoms with van der Waals surface area (Å²) in [5, 5.41) is 11.9. The summed E-state index contributed by atoms with van der Waals surface area (Å²) < 4.78 is 0. The number of halogens is 1. The quantitative estimate of drug-likeness (QED) is 0.573. The van der Waals surface area contributed by atoms with Crippen LogP contribution in [0.15, 0.2) is 48.5 Å². The maximum Gasteiger partial charge on any atom is 0.315 e. The Hall–Kier alpha value is -2.57. The van der Waals surface area contributed by atoms with Gasteiger partial charge in [-0.3, -0.25) is 4.79 Å². The molecule has 2 aromatic rings. The number of anilines is 1. The van der Waals surface area contributed by atoms with Crippen molar-refractivity contribution in [2.45, 2.75) is 20.0 Å². The molecule has 0 atom stereocenters. The topological polar surface area (TPSA) is 82.3 Å². The summed E-state index contributed by atoms with van der Waals surface area (Å²) >= 11 is 5.82. The number of carbonyl (C=O) groups excluding carboxylic acids is 2. The lowest BCUT2D eigenvalue weighted by molar-refractivity contribution is -0.115. The summed E-state index contributed by atoms with van der Waals surface area (Å²) in [6.07, 6.45) is 0. The number of nitrogens with one attached hydrogen (secondary N) is 4. The molecule has 0 unspecified atom stereocenters. The molecule has 2 aromatic carbocycles. The third kappa shape index (κ3) is 6.74. The van der Waals surface area contributed by atoms with Crippen molar-refractivity contribution in [2.75, 3.05) is 18.4 Å². The van der Waals surface area contributed by atoms with Crippen LogP contribution in [-0.4, -0.2) is 25.0 Å². The van der Waals surface area contributed by atoms with Crippen LogP contribution in [-0.2, 0) is 17.9 Å². The van der Waals surface area contributed by atoms with Gasteiger partial charge in [0.25, 0.3) is 0 Å². The highest BCUT2D eigenvalue weighted by Gasteiger charge is 2.08. The molecule has 7 heteroatoms. The number of carbonyl (C=O) groups is 2. The molecular weight excluding hydrogens is 352 g/mol. The Kier molecular flexibility index (Phi) is 7.92. The van der Waals surface area contributed by atoms with Crippen molar-refractivity contribution in [3.05, 3.63) is 64.7 Å². The van der Waals surface area contributed by atoms with Crippen LogP contribution in [0.4, 0.5) is 10.5 Å². The standard InChI is InChI=1S/C19H23ClN4O2/c1-2-21-12-15-5-3-4-6-17(15)24-18(25)13-23-19(26)22-11-14-7-9-16(20)10-8-14/h3-10,21H,2,11-13H2,1H3,(H,24,25)(H2,22,23,26). The minimum Gasteiger partial charge on any atom is -0.334 e. The van der Waals surface area contributed by atoms with Crippen LogP contribution in [0.1, 0.15) is 18.1 Å². The molecule has 0 aliphatic heterocycles. The van der Waals surface area contributed by atoms with Crippen molar-refractivity contribution in [1.82, 2.24) is 16.0 Å². The fourth-order valence-electron chi connectivity index (χ4n) is 2.26. The van der Waals surface area contributed by atoms with Crippen LogP contribution < -0.4 is 21.3 Å². The molecule has 3 amide bonds. The molecule has 6 nitrogen and oxygen atoms in total. The van der Waals surface area contributed by atoms with Gasteiger partial charge in [0.15, 0.2) is 0 Å². The van der Waals surface area contributed by atoms with E-state index in [4.69, 9.17) is 11.6 Å². The second-order valence-corrected chi connectivity index (χ2v) is 6.08. The van der Waals surface area contributed by atoms with Crippen LogP contribution in [0.25, 0.3) is 0 Å². The minimum absolute atomic E-state index is 0.109. The zero-order chi connectivity index (χ0) is 18.8. The van der Waals surface area contributed by atoms with Gasteiger partial charge in [0.1, 0.15) is 0 Å². The van der Waals surface area contributed by atoms with E-state index in [1.54, 1.807) is 12.1 Å². The van der Waals surface area contributed by atoms with Crippen molar-refractivity contribution in [1.29, 1.82) is 0 Å². The zero-order valence-corrected chi connectivity index (χ0v) is 15.4. The Balaban J connectivity index is 1.76. The van der Waals surface area contributed by atoms with Crippen molar-refractivity contribution < 1.29 is 9.59 Å². The highest BCUT2D eigenvalue weighted by atomic mass is 35.5. The predicted molar refractivity (Wildman–Crippen MR) is 104 cm³/mol. The van der Waals surface area contributed by atoms with Gasteiger partial charge in [0, 0.05) is 23.8 Å². The lowest BCUT2D eigenvalue weighted by Gasteiger charge is -2.12. The zero-order valence-electron chi connectivity index (χ0n) is 14.6. The molecule has 0 saturated heterocycles. The SMILES string of the molecule is CCNCc1ccccc1NC(=O)CNC(=O)NCc1ccc(Cl)cc1. The molecule has 0 heterocycles. The molecule has 0 aliphatic rings. The lowest BCUT2D eigenvalue weighted by atomic mass is 10.1. The van der Waals surface area contributed by atoms with E-state index < -0.39 is 6.03 Å². The molecule has 138 valence electrons. The first-order valence-corrected chi connectivity index (χ1v) is 8.81. The molecule has 0 fully saturated rings.